The van der Waals surface area contributed by atoms with Crippen LogP contribution in [-0.4, -0.2) is 69.1 Å². The number of nitrogens with zero attached hydrogens (tertiary/aromatic N) is 6. The molecule has 6 rings (SSSR count). The van der Waals surface area contributed by atoms with Gasteiger partial charge in [0, 0.05) is 67.9 Å². The standard InChI is InChI=1S/C30H34F2N8O/c1-18(2)40-19(3)12-23-24(31)13-20(14-26(23)40)29-25(32)17-35-30(37-29)36-27-5-4-22(16-34-27)39-9-6-21(15-28(39)41)38-10-7-33-8-11-38/h4-5,12-14,16-18,21,33H,6-11,15H2,1-3H3,(H,34,35,36,37). The molecule has 1 amide bonds. The van der Waals surface area contributed by atoms with Crippen LogP contribution in [0.3, 0.4) is 0 Å². The third-order valence-corrected chi connectivity index (χ3v) is 8.00. The van der Waals surface area contributed by atoms with Crippen molar-refractivity contribution in [2.75, 3.05) is 42.9 Å². The average Bonchev–Trinajstić information content (AvgIpc) is 3.31. The van der Waals surface area contributed by atoms with Crippen molar-refractivity contribution in [3.8, 4) is 11.3 Å². The Hall–Kier alpha value is -3.96. The molecule has 11 heteroatoms. The lowest BCUT2D eigenvalue weighted by Gasteiger charge is -2.39. The number of anilines is 3. The molecule has 3 aromatic heterocycles. The van der Waals surface area contributed by atoms with Gasteiger partial charge >= 0.3 is 0 Å². The lowest BCUT2D eigenvalue weighted by Crippen LogP contribution is -2.53. The smallest absolute Gasteiger partial charge is 0.229 e. The molecule has 0 saturated carbocycles. The van der Waals surface area contributed by atoms with Gasteiger partial charge in [-0.05, 0) is 57.5 Å². The Kier molecular flexibility index (Phi) is 7.39. The number of pyridine rings is 1. The van der Waals surface area contributed by atoms with Gasteiger partial charge in [-0.1, -0.05) is 0 Å². The predicted molar refractivity (Wildman–Crippen MR) is 155 cm³/mol. The molecule has 1 unspecified atom stereocenters. The molecule has 9 nitrogen and oxygen atoms in total. The van der Waals surface area contributed by atoms with Crippen LogP contribution in [0.2, 0.25) is 0 Å². The Balaban J connectivity index is 1.19. The van der Waals surface area contributed by atoms with Crippen molar-refractivity contribution < 1.29 is 13.6 Å². The summed E-state index contributed by atoms with van der Waals surface area (Å²) in [7, 11) is 0. The number of aryl methyl sites for hydroxylation is 1. The van der Waals surface area contributed by atoms with Crippen LogP contribution in [0.1, 0.15) is 38.4 Å². The van der Waals surface area contributed by atoms with Gasteiger partial charge in [0.1, 0.15) is 17.3 Å². The van der Waals surface area contributed by atoms with Gasteiger partial charge in [-0.2, -0.15) is 0 Å². The Morgan fingerprint density at radius 2 is 1.83 bits per heavy atom. The van der Waals surface area contributed by atoms with Crippen LogP contribution in [0, 0.1) is 18.6 Å². The number of nitrogens with one attached hydrogen (secondary N) is 2. The molecule has 5 heterocycles. The fraction of sp³-hybridized carbons (Fsp3) is 0.400. The maximum absolute atomic E-state index is 15.1. The van der Waals surface area contributed by atoms with Gasteiger partial charge in [0.25, 0.3) is 0 Å². The van der Waals surface area contributed by atoms with Crippen LogP contribution in [-0.2, 0) is 4.79 Å². The number of rotatable bonds is 6. The monoisotopic (exact) mass is 560 g/mol. The molecular weight excluding hydrogens is 526 g/mol. The predicted octanol–water partition coefficient (Wildman–Crippen LogP) is 4.81. The number of benzene rings is 1. The minimum Gasteiger partial charge on any atom is -0.342 e. The van der Waals surface area contributed by atoms with Crippen molar-refractivity contribution in [2.45, 2.75) is 45.7 Å². The highest BCUT2D eigenvalue weighted by Crippen LogP contribution is 2.32. The van der Waals surface area contributed by atoms with Gasteiger partial charge in [-0.3, -0.25) is 9.69 Å². The summed E-state index contributed by atoms with van der Waals surface area (Å²) < 4.78 is 32.0. The maximum atomic E-state index is 15.1. The lowest BCUT2D eigenvalue weighted by molar-refractivity contribution is -0.121. The highest BCUT2D eigenvalue weighted by atomic mass is 19.1. The van der Waals surface area contributed by atoms with Crippen molar-refractivity contribution in [3.63, 3.8) is 0 Å². The second-order valence-corrected chi connectivity index (χ2v) is 11.0. The number of hydrogen-bond acceptors (Lipinski definition) is 7. The molecule has 4 aromatic rings. The zero-order valence-corrected chi connectivity index (χ0v) is 23.5. The van der Waals surface area contributed by atoms with Crippen molar-refractivity contribution in [1.82, 2.24) is 29.7 Å². The number of fused-ring (bicyclic) bond motifs is 1. The summed E-state index contributed by atoms with van der Waals surface area (Å²) in [6.07, 6.45) is 4.13. The van der Waals surface area contributed by atoms with E-state index in [0.29, 0.717) is 35.2 Å². The zero-order valence-electron chi connectivity index (χ0n) is 23.5. The molecule has 2 aliphatic rings. The summed E-state index contributed by atoms with van der Waals surface area (Å²) in [5.74, 6) is -0.418. The van der Waals surface area contributed by atoms with Crippen LogP contribution in [0.25, 0.3) is 22.2 Å². The summed E-state index contributed by atoms with van der Waals surface area (Å²) in [6, 6.07) is 8.82. The van der Waals surface area contributed by atoms with Gasteiger partial charge in [-0.15, -0.1) is 0 Å². The molecule has 2 saturated heterocycles. The molecule has 1 atom stereocenters. The van der Waals surface area contributed by atoms with Gasteiger partial charge in [0.15, 0.2) is 5.82 Å². The third-order valence-electron chi connectivity index (χ3n) is 8.00. The van der Waals surface area contributed by atoms with Crippen molar-refractivity contribution in [1.29, 1.82) is 0 Å². The van der Waals surface area contributed by atoms with Crippen LogP contribution >= 0.6 is 0 Å². The van der Waals surface area contributed by atoms with Crippen LogP contribution in [0.4, 0.5) is 26.2 Å². The van der Waals surface area contributed by atoms with Crippen LogP contribution in [0.5, 0.6) is 0 Å². The van der Waals surface area contributed by atoms with E-state index in [-0.39, 0.29) is 29.6 Å². The average molecular weight is 561 g/mol. The van der Waals surface area contributed by atoms with Crippen molar-refractivity contribution in [3.05, 3.63) is 60.1 Å². The lowest BCUT2D eigenvalue weighted by atomic mass is 10.0. The maximum Gasteiger partial charge on any atom is 0.229 e. The first-order valence-electron chi connectivity index (χ1n) is 14.1. The summed E-state index contributed by atoms with van der Waals surface area (Å²) >= 11 is 0. The van der Waals surface area contributed by atoms with E-state index >= 15 is 4.39 Å². The number of hydrogen-bond donors (Lipinski definition) is 2. The molecule has 0 bridgehead atoms. The van der Waals surface area contributed by atoms with Crippen LogP contribution in [0.15, 0.2) is 42.7 Å². The van der Waals surface area contributed by atoms with E-state index in [9.17, 15) is 9.18 Å². The first-order valence-corrected chi connectivity index (χ1v) is 14.1. The van der Waals surface area contributed by atoms with E-state index in [2.05, 4.69) is 30.5 Å². The fourth-order valence-electron chi connectivity index (χ4n) is 6.05. The van der Waals surface area contributed by atoms with E-state index in [0.717, 1.165) is 50.2 Å². The highest BCUT2D eigenvalue weighted by molar-refractivity contribution is 5.94. The molecule has 214 valence electrons. The molecule has 2 aliphatic heterocycles. The number of carbonyl (C=O) groups is 1. The summed E-state index contributed by atoms with van der Waals surface area (Å²) in [5, 5.41) is 6.85. The second kappa shape index (κ2) is 11.1. The normalized spacial score (nSPS) is 18.4. The number of aromatic nitrogens is 4. The van der Waals surface area contributed by atoms with Gasteiger partial charge < -0.3 is 20.1 Å². The largest absolute Gasteiger partial charge is 0.342 e. The second-order valence-electron chi connectivity index (χ2n) is 11.0. The fourth-order valence-corrected chi connectivity index (χ4v) is 6.05. The molecular formula is C30H34F2N8O. The molecule has 0 aliphatic carbocycles. The van der Waals surface area contributed by atoms with Gasteiger partial charge in [-0.25, -0.2) is 23.7 Å². The first kappa shape index (κ1) is 27.2. The molecule has 1 aromatic carbocycles. The summed E-state index contributed by atoms with van der Waals surface area (Å²) in [6.45, 7) is 10.5. The highest BCUT2D eigenvalue weighted by Gasteiger charge is 2.31. The SMILES string of the molecule is Cc1cc2c(F)cc(-c3nc(Nc4ccc(N5CCC(N6CCNCC6)CC5=O)cn4)ncc3F)cc2n1C(C)C. The van der Waals surface area contributed by atoms with E-state index < -0.39 is 11.6 Å². The van der Waals surface area contributed by atoms with Crippen molar-refractivity contribution in [2.24, 2.45) is 0 Å². The van der Waals surface area contributed by atoms with Gasteiger partial charge in [0.05, 0.1) is 23.6 Å². The number of piperidine rings is 1. The Labute approximate surface area is 237 Å². The molecule has 2 N–H and O–H groups in total. The topological polar surface area (TPSA) is 91.2 Å². The minimum atomic E-state index is -0.653. The zero-order chi connectivity index (χ0) is 28.7. The van der Waals surface area contributed by atoms with Gasteiger partial charge in [0.2, 0.25) is 11.9 Å². The third kappa shape index (κ3) is 5.39. The first-order chi connectivity index (χ1) is 19.8. The van der Waals surface area contributed by atoms with E-state index in [1.165, 1.54) is 6.07 Å². The number of halogens is 2. The summed E-state index contributed by atoms with van der Waals surface area (Å²) in [5.41, 5.74) is 2.66. The number of carbonyl (C=O) groups excluding carboxylic acids is 1. The van der Waals surface area contributed by atoms with E-state index in [1.807, 2.05) is 31.4 Å². The molecule has 0 radical (unpaired) electrons. The van der Waals surface area contributed by atoms with Crippen LogP contribution < -0.4 is 15.5 Å². The molecule has 0 spiro atoms. The molecule has 2 fully saturated rings. The van der Waals surface area contributed by atoms with E-state index in [4.69, 9.17) is 0 Å². The van der Waals surface area contributed by atoms with Crippen molar-refractivity contribution >= 4 is 34.3 Å². The molecule has 41 heavy (non-hydrogen) atoms. The quantitative estimate of drug-likeness (QED) is 0.350. The summed E-state index contributed by atoms with van der Waals surface area (Å²) in [4.78, 5) is 30.0. The minimum absolute atomic E-state index is 0.00738. The Morgan fingerprint density at radius 3 is 2.54 bits per heavy atom. The van der Waals surface area contributed by atoms with E-state index in [1.54, 1.807) is 29.3 Å². The number of amides is 1. The number of piperazine rings is 1. The Morgan fingerprint density at radius 1 is 1.02 bits per heavy atom. The Bertz CT molecular complexity index is 1580.